The Hall–Kier alpha value is -2.86. The van der Waals surface area contributed by atoms with Gasteiger partial charge < -0.3 is 15.0 Å². The summed E-state index contributed by atoms with van der Waals surface area (Å²) in [4.78, 5) is 30.9. The molecule has 6 nitrogen and oxygen atoms in total. The predicted molar refractivity (Wildman–Crippen MR) is 134 cm³/mol. The average molecular weight is 464 g/mol. The molecule has 4 rings (SSSR count). The van der Waals surface area contributed by atoms with Crippen LogP contribution in [0.2, 0.25) is 0 Å². The summed E-state index contributed by atoms with van der Waals surface area (Å²) >= 11 is 0. The van der Waals surface area contributed by atoms with E-state index in [1.54, 1.807) is 4.90 Å². The maximum atomic E-state index is 13.4. The van der Waals surface area contributed by atoms with Crippen molar-refractivity contribution in [2.24, 2.45) is 0 Å². The third kappa shape index (κ3) is 5.12. The molecular weight excluding hydrogens is 426 g/mol. The van der Waals surface area contributed by atoms with E-state index in [-0.39, 0.29) is 11.8 Å². The molecule has 0 aliphatic carbocycles. The van der Waals surface area contributed by atoms with Crippen LogP contribution in [0.3, 0.4) is 0 Å². The van der Waals surface area contributed by atoms with Crippen LogP contribution in [0, 0.1) is 0 Å². The van der Waals surface area contributed by atoms with Crippen LogP contribution < -0.4 is 10.1 Å². The Morgan fingerprint density at radius 3 is 2.53 bits per heavy atom. The summed E-state index contributed by atoms with van der Waals surface area (Å²) in [7, 11) is 0. The van der Waals surface area contributed by atoms with Crippen LogP contribution >= 0.6 is 0 Å². The van der Waals surface area contributed by atoms with Gasteiger partial charge in [-0.05, 0) is 57.7 Å². The number of carbonyl (C=O) groups is 2. The van der Waals surface area contributed by atoms with Gasteiger partial charge in [0.1, 0.15) is 11.8 Å². The van der Waals surface area contributed by atoms with Crippen LogP contribution in [0.4, 0.5) is 0 Å². The Morgan fingerprint density at radius 2 is 1.76 bits per heavy atom. The Labute approximate surface area is 203 Å². The number of hydrogen-bond donors (Lipinski definition) is 1. The van der Waals surface area contributed by atoms with Crippen LogP contribution in [-0.2, 0) is 11.3 Å². The summed E-state index contributed by atoms with van der Waals surface area (Å²) in [6.45, 7) is 8.99. The first kappa shape index (κ1) is 24.3. The number of rotatable bonds is 9. The molecule has 1 N–H and O–H groups in total. The SMILES string of the molecule is CCOc1ccccc1CN1C(=O)c2ccccc2[C@@H]1C(=O)NCCCN1[C@H](C)CCC[C@H]1C. The summed E-state index contributed by atoms with van der Waals surface area (Å²) in [6, 6.07) is 15.7. The number of para-hydroxylation sites is 1. The molecule has 2 aliphatic rings. The third-order valence-corrected chi connectivity index (χ3v) is 7.19. The monoisotopic (exact) mass is 463 g/mol. The zero-order valence-corrected chi connectivity index (χ0v) is 20.6. The molecule has 1 fully saturated rings. The molecule has 2 heterocycles. The minimum Gasteiger partial charge on any atom is -0.494 e. The summed E-state index contributed by atoms with van der Waals surface area (Å²) < 4.78 is 5.77. The first-order valence-electron chi connectivity index (χ1n) is 12.6. The molecule has 3 atom stereocenters. The van der Waals surface area contributed by atoms with Crippen molar-refractivity contribution in [3.05, 3.63) is 65.2 Å². The fraction of sp³-hybridized carbons (Fsp3) is 0.500. The molecule has 0 radical (unpaired) electrons. The Balaban J connectivity index is 1.45. The van der Waals surface area contributed by atoms with E-state index < -0.39 is 6.04 Å². The molecule has 2 aliphatic heterocycles. The fourth-order valence-corrected chi connectivity index (χ4v) is 5.42. The minimum atomic E-state index is -0.633. The van der Waals surface area contributed by atoms with E-state index in [0.29, 0.717) is 37.3 Å². The number of benzene rings is 2. The van der Waals surface area contributed by atoms with Crippen molar-refractivity contribution in [2.75, 3.05) is 19.7 Å². The zero-order chi connectivity index (χ0) is 24.1. The number of hydrogen-bond acceptors (Lipinski definition) is 4. The van der Waals surface area contributed by atoms with Gasteiger partial charge in [-0.1, -0.05) is 42.8 Å². The van der Waals surface area contributed by atoms with E-state index in [0.717, 1.165) is 29.8 Å². The highest BCUT2D eigenvalue weighted by atomic mass is 16.5. The van der Waals surface area contributed by atoms with Gasteiger partial charge in [0.15, 0.2) is 0 Å². The standard InChI is InChI=1S/C28H37N3O3/c1-4-34-25-16-8-5-13-22(25)19-31-26(23-14-6-7-15-24(23)28(31)33)27(32)29-17-10-18-30-20(2)11-9-12-21(30)3/h5-8,13-16,20-21,26H,4,9-12,17-19H2,1-3H3,(H,29,32)/t20-,21-,26-/m1/s1. The molecule has 0 saturated carbocycles. The second-order valence-electron chi connectivity index (χ2n) is 9.47. The van der Waals surface area contributed by atoms with Crippen LogP contribution in [0.1, 0.15) is 74.0 Å². The smallest absolute Gasteiger partial charge is 0.255 e. The Kier molecular flexibility index (Phi) is 7.88. The number of nitrogens with one attached hydrogen (secondary N) is 1. The van der Waals surface area contributed by atoms with Gasteiger partial charge >= 0.3 is 0 Å². The van der Waals surface area contributed by atoms with E-state index in [4.69, 9.17) is 4.74 Å². The number of likely N-dealkylation sites (tertiary alicyclic amines) is 1. The second kappa shape index (κ2) is 11.0. The highest BCUT2D eigenvalue weighted by Crippen LogP contribution is 2.36. The number of fused-ring (bicyclic) bond motifs is 1. The van der Waals surface area contributed by atoms with Gasteiger partial charge in [-0.2, -0.15) is 0 Å². The van der Waals surface area contributed by atoms with Gasteiger partial charge in [-0.15, -0.1) is 0 Å². The average Bonchev–Trinajstić information content (AvgIpc) is 3.11. The minimum absolute atomic E-state index is 0.113. The van der Waals surface area contributed by atoms with E-state index in [1.165, 1.54) is 19.3 Å². The first-order valence-corrected chi connectivity index (χ1v) is 12.6. The van der Waals surface area contributed by atoms with Crippen LogP contribution in [0.5, 0.6) is 5.75 Å². The molecule has 2 aromatic carbocycles. The summed E-state index contributed by atoms with van der Waals surface area (Å²) in [5, 5.41) is 3.12. The lowest BCUT2D eigenvalue weighted by Gasteiger charge is -2.39. The molecule has 34 heavy (non-hydrogen) atoms. The lowest BCUT2D eigenvalue weighted by atomic mass is 9.97. The molecule has 2 aromatic rings. The third-order valence-electron chi connectivity index (χ3n) is 7.19. The largest absolute Gasteiger partial charge is 0.494 e. The van der Waals surface area contributed by atoms with E-state index in [9.17, 15) is 9.59 Å². The zero-order valence-electron chi connectivity index (χ0n) is 20.6. The van der Waals surface area contributed by atoms with Crippen LogP contribution in [-0.4, -0.2) is 53.4 Å². The van der Waals surface area contributed by atoms with Crippen molar-refractivity contribution in [1.29, 1.82) is 0 Å². The number of piperidine rings is 1. The van der Waals surface area contributed by atoms with E-state index in [2.05, 4.69) is 24.1 Å². The molecule has 6 heteroatoms. The van der Waals surface area contributed by atoms with Gasteiger partial charge in [-0.25, -0.2) is 0 Å². The van der Waals surface area contributed by atoms with Gasteiger partial charge in [-0.3, -0.25) is 14.5 Å². The Morgan fingerprint density at radius 1 is 1.06 bits per heavy atom. The van der Waals surface area contributed by atoms with Crippen molar-refractivity contribution in [2.45, 2.75) is 71.1 Å². The van der Waals surface area contributed by atoms with Gasteiger partial charge in [0.25, 0.3) is 5.91 Å². The topological polar surface area (TPSA) is 61.9 Å². The van der Waals surface area contributed by atoms with Crippen molar-refractivity contribution in [3.8, 4) is 5.75 Å². The molecular formula is C28H37N3O3. The molecule has 0 spiro atoms. The number of ether oxygens (including phenoxy) is 1. The molecule has 0 unspecified atom stereocenters. The van der Waals surface area contributed by atoms with Gasteiger partial charge in [0.05, 0.1) is 13.2 Å². The molecule has 0 bridgehead atoms. The maximum Gasteiger partial charge on any atom is 0.255 e. The fourth-order valence-electron chi connectivity index (χ4n) is 5.42. The summed E-state index contributed by atoms with van der Waals surface area (Å²) in [5.41, 5.74) is 2.28. The number of nitrogens with zero attached hydrogens (tertiary/aromatic N) is 2. The van der Waals surface area contributed by atoms with E-state index >= 15 is 0 Å². The maximum absolute atomic E-state index is 13.4. The van der Waals surface area contributed by atoms with Gasteiger partial charge in [0, 0.05) is 36.3 Å². The molecule has 2 amide bonds. The molecule has 0 aromatic heterocycles. The molecule has 182 valence electrons. The molecule has 1 saturated heterocycles. The van der Waals surface area contributed by atoms with Crippen LogP contribution in [0.15, 0.2) is 48.5 Å². The van der Waals surface area contributed by atoms with Crippen molar-refractivity contribution in [1.82, 2.24) is 15.1 Å². The highest BCUT2D eigenvalue weighted by molar-refractivity contribution is 6.04. The van der Waals surface area contributed by atoms with Gasteiger partial charge in [0.2, 0.25) is 5.91 Å². The first-order chi connectivity index (χ1) is 16.5. The lowest BCUT2D eigenvalue weighted by molar-refractivity contribution is -0.125. The highest BCUT2D eigenvalue weighted by Gasteiger charge is 2.41. The van der Waals surface area contributed by atoms with Crippen molar-refractivity contribution < 1.29 is 14.3 Å². The normalized spacial score (nSPS) is 22.5. The second-order valence-corrected chi connectivity index (χ2v) is 9.47. The van der Waals surface area contributed by atoms with Crippen molar-refractivity contribution >= 4 is 11.8 Å². The van der Waals surface area contributed by atoms with Crippen molar-refractivity contribution in [3.63, 3.8) is 0 Å². The predicted octanol–water partition coefficient (Wildman–Crippen LogP) is 4.55. The van der Waals surface area contributed by atoms with E-state index in [1.807, 2.05) is 55.5 Å². The number of carbonyl (C=O) groups excluding carboxylic acids is 2. The van der Waals surface area contributed by atoms with Crippen LogP contribution in [0.25, 0.3) is 0 Å². The lowest BCUT2D eigenvalue weighted by Crippen LogP contribution is -2.45. The summed E-state index contributed by atoms with van der Waals surface area (Å²) in [6.07, 6.45) is 4.69. The Bertz CT molecular complexity index is 998. The number of amides is 2. The summed E-state index contributed by atoms with van der Waals surface area (Å²) in [5.74, 6) is 0.516. The quantitative estimate of drug-likeness (QED) is 0.554.